The minimum atomic E-state index is -0.492. The molecule has 1 unspecified atom stereocenters. The average Bonchev–Trinajstić information content (AvgIpc) is 2.85. The normalized spacial score (nSPS) is 17.7. The lowest BCUT2D eigenvalue weighted by atomic mass is 10.1. The highest BCUT2D eigenvalue weighted by molar-refractivity contribution is 5.89. The van der Waals surface area contributed by atoms with Crippen LogP contribution in [0.2, 0.25) is 0 Å². The minimum absolute atomic E-state index is 0.0669. The van der Waals surface area contributed by atoms with Crippen LogP contribution in [0.5, 0.6) is 0 Å². The number of unbranched alkanes of at least 4 members (excludes halogenated alkanes) is 2. The van der Waals surface area contributed by atoms with Crippen LogP contribution in [0.1, 0.15) is 49.6 Å². The van der Waals surface area contributed by atoms with Gasteiger partial charge >= 0.3 is 0 Å². The number of hydrogen-bond donors (Lipinski definition) is 3. The zero-order valence-electron chi connectivity index (χ0n) is 15.3. The van der Waals surface area contributed by atoms with E-state index in [0.29, 0.717) is 13.1 Å². The molecule has 1 aromatic heterocycles. The zero-order valence-corrected chi connectivity index (χ0v) is 15.3. The Bertz CT molecular complexity index is 637. The van der Waals surface area contributed by atoms with Crippen molar-refractivity contribution in [2.24, 2.45) is 5.10 Å². The molecule has 1 aliphatic rings. The van der Waals surface area contributed by atoms with Crippen molar-refractivity contribution in [2.45, 2.75) is 59.0 Å². The number of carbonyl (C=O) groups excluding carboxylic acids is 2. The van der Waals surface area contributed by atoms with Gasteiger partial charge in [0.25, 0.3) is 0 Å². The van der Waals surface area contributed by atoms with Crippen LogP contribution < -0.4 is 16.1 Å². The van der Waals surface area contributed by atoms with E-state index in [-0.39, 0.29) is 18.2 Å². The summed E-state index contributed by atoms with van der Waals surface area (Å²) in [6.07, 6.45) is 5.15. The lowest BCUT2D eigenvalue weighted by molar-refractivity contribution is -0.129. The van der Waals surface area contributed by atoms with Crippen LogP contribution in [0.4, 0.5) is 0 Å². The molecule has 25 heavy (non-hydrogen) atoms. The third-order valence-corrected chi connectivity index (χ3v) is 4.31. The summed E-state index contributed by atoms with van der Waals surface area (Å²) in [7, 11) is 0. The van der Waals surface area contributed by atoms with E-state index < -0.39 is 6.04 Å². The molecular formula is C17H28N6O2. The summed E-state index contributed by atoms with van der Waals surface area (Å²) in [6.45, 7) is 8.27. The molecule has 2 heterocycles. The number of piperazine rings is 1. The fourth-order valence-corrected chi connectivity index (χ4v) is 2.84. The summed E-state index contributed by atoms with van der Waals surface area (Å²) in [5.74, 6) is -0.443. The highest BCUT2D eigenvalue weighted by Crippen LogP contribution is 2.12. The molecule has 2 amide bonds. The summed E-state index contributed by atoms with van der Waals surface area (Å²) in [5.41, 5.74) is 5.34. The van der Waals surface area contributed by atoms with Gasteiger partial charge in [0, 0.05) is 30.9 Å². The highest BCUT2D eigenvalue weighted by atomic mass is 16.2. The Morgan fingerprint density at radius 1 is 1.40 bits per heavy atom. The Morgan fingerprint density at radius 2 is 2.20 bits per heavy atom. The van der Waals surface area contributed by atoms with Gasteiger partial charge in [-0.2, -0.15) is 10.2 Å². The third kappa shape index (κ3) is 5.38. The van der Waals surface area contributed by atoms with Crippen molar-refractivity contribution >= 4 is 18.0 Å². The van der Waals surface area contributed by atoms with E-state index in [0.717, 1.165) is 29.9 Å². The van der Waals surface area contributed by atoms with Gasteiger partial charge in [-0.25, -0.2) is 5.43 Å². The van der Waals surface area contributed by atoms with Gasteiger partial charge in [-0.1, -0.05) is 19.8 Å². The van der Waals surface area contributed by atoms with Crippen molar-refractivity contribution in [3.8, 4) is 0 Å². The van der Waals surface area contributed by atoms with E-state index in [4.69, 9.17) is 0 Å². The molecule has 3 N–H and O–H groups in total. The Labute approximate surface area is 148 Å². The maximum atomic E-state index is 11.9. The Hall–Kier alpha value is -2.22. The van der Waals surface area contributed by atoms with Gasteiger partial charge in [-0.05, 0) is 20.3 Å². The predicted molar refractivity (Wildman–Crippen MR) is 96.4 cm³/mol. The molecule has 1 aliphatic heterocycles. The largest absolute Gasteiger partial charge is 0.353 e. The van der Waals surface area contributed by atoms with Gasteiger partial charge in [0.15, 0.2) is 0 Å². The molecule has 1 saturated heterocycles. The van der Waals surface area contributed by atoms with Crippen molar-refractivity contribution in [2.75, 3.05) is 13.1 Å². The van der Waals surface area contributed by atoms with E-state index in [1.165, 1.54) is 12.8 Å². The van der Waals surface area contributed by atoms with E-state index >= 15 is 0 Å². The first-order valence-corrected chi connectivity index (χ1v) is 8.90. The molecule has 0 aliphatic carbocycles. The highest BCUT2D eigenvalue weighted by Gasteiger charge is 2.23. The lowest BCUT2D eigenvalue weighted by Gasteiger charge is -2.22. The monoisotopic (exact) mass is 348 g/mol. The Balaban J connectivity index is 1.88. The van der Waals surface area contributed by atoms with Crippen molar-refractivity contribution in [1.29, 1.82) is 0 Å². The van der Waals surface area contributed by atoms with Gasteiger partial charge in [0.1, 0.15) is 0 Å². The number of aromatic nitrogens is 2. The van der Waals surface area contributed by atoms with Gasteiger partial charge in [-0.3, -0.25) is 14.3 Å². The van der Waals surface area contributed by atoms with Gasteiger partial charge < -0.3 is 10.6 Å². The molecular weight excluding hydrogens is 320 g/mol. The van der Waals surface area contributed by atoms with Gasteiger partial charge in [0.05, 0.1) is 24.4 Å². The molecule has 138 valence electrons. The van der Waals surface area contributed by atoms with Crippen LogP contribution in [-0.2, 0) is 16.1 Å². The molecule has 1 atom stereocenters. The van der Waals surface area contributed by atoms with Gasteiger partial charge in [-0.15, -0.1) is 0 Å². The molecule has 0 radical (unpaired) electrons. The van der Waals surface area contributed by atoms with Crippen LogP contribution in [0.25, 0.3) is 0 Å². The molecule has 0 aromatic carbocycles. The van der Waals surface area contributed by atoms with Crippen LogP contribution in [-0.4, -0.2) is 46.9 Å². The first-order chi connectivity index (χ1) is 12.0. The maximum absolute atomic E-state index is 11.9. The maximum Gasteiger partial charge on any atom is 0.242 e. The quantitative estimate of drug-likeness (QED) is 0.364. The summed E-state index contributed by atoms with van der Waals surface area (Å²) in [4.78, 5) is 23.6. The van der Waals surface area contributed by atoms with Crippen LogP contribution in [0, 0.1) is 13.8 Å². The number of carbonyl (C=O) groups is 2. The Morgan fingerprint density at radius 3 is 2.92 bits per heavy atom. The number of aryl methyl sites for hydroxylation is 2. The number of nitrogens with one attached hydrogen (secondary N) is 3. The summed E-state index contributed by atoms with van der Waals surface area (Å²) in [6, 6.07) is -0.492. The summed E-state index contributed by atoms with van der Waals surface area (Å²) >= 11 is 0. The topological polar surface area (TPSA) is 100 Å². The second-order valence-electron chi connectivity index (χ2n) is 6.31. The fourth-order valence-electron chi connectivity index (χ4n) is 2.84. The lowest BCUT2D eigenvalue weighted by Crippen LogP contribution is -2.54. The molecule has 1 fully saturated rings. The molecule has 1 aromatic rings. The van der Waals surface area contributed by atoms with Crippen LogP contribution >= 0.6 is 0 Å². The zero-order chi connectivity index (χ0) is 18.2. The summed E-state index contributed by atoms with van der Waals surface area (Å²) in [5, 5.41) is 14.3. The molecule has 0 saturated carbocycles. The van der Waals surface area contributed by atoms with E-state index in [1.54, 1.807) is 6.21 Å². The van der Waals surface area contributed by atoms with Crippen molar-refractivity contribution in [3.05, 3.63) is 17.0 Å². The van der Waals surface area contributed by atoms with Crippen LogP contribution in [0.15, 0.2) is 5.10 Å². The van der Waals surface area contributed by atoms with Gasteiger partial charge in [0.2, 0.25) is 11.8 Å². The van der Waals surface area contributed by atoms with E-state index in [9.17, 15) is 9.59 Å². The Kier molecular flexibility index (Phi) is 7.12. The first kappa shape index (κ1) is 19.1. The van der Waals surface area contributed by atoms with E-state index in [2.05, 4.69) is 33.2 Å². The average molecular weight is 348 g/mol. The molecule has 8 nitrogen and oxygen atoms in total. The smallest absolute Gasteiger partial charge is 0.242 e. The number of rotatable bonds is 8. The van der Waals surface area contributed by atoms with Crippen molar-refractivity contribution in [1.82, 2.24) is 25.8 Å². The number of amides is 2. The summed E-state index contributed by atoms with van der Waals surface area (Å²) < 4.78 is 1.99. The number of hydrogen-bond acceptors (Lipinski definition) is 5. The van der Waals surface area contributed by atoms with Crippen LogP contribution in [0.3, 0.4) is 0 Å². The second kappa shape index (κ2) is 9.31. The second-order valence-corrected chi connectivity index (χ2v) is 6.31. The number of nitrogens with zero attached hydrogens (tertiary/aromatic N) is 3. The fraction of sp³-hybridized carbons (Fsp3) is 0.647. The standard InChI is InChI=1S/C17H28N6O2/c1-4-5-6-9-23-13(3)14(12(2)22-23)11-20-21-16(24)10-15-17(25)19-8-7-18-15/h11,15,18H,4-10H2,1-3H3,(H,19,25)(H,21,24)/b20-11+. The number of hydrazone groups is 1. The predicted octanol–water partition coefficient (Wildman–Crippen LogP) is 0.618. The third-order valence-electron chi connectivity index (χ3n) is 4.31. The first-order valence-electron chi connectivity index (χ1n) is 8.90. The molecule has 2 rings (SSSR count). The SMILES string of the molecule is CCCCCn1nc(C)c(/C=N/NC(=O)CC2NCCNC2=O)c1C. The molecule has 0 spiro atoms. The minimum Gasteiger partial charge on any atom is -0.353 e. The molecule has 0 bridgehead atoms. The molecule has 8 heteroatoms. The van der Waals surface area contributed by atoms with E-state index in [1.807, 2.05) is 18.5 Å². The van der Waals surface area contributed by atoms with Crippen molar-refractivity contribution < 1.29 is 9.59 Å². The van der Waals surface area contributed by atoms with Crippen molar-refractivity contribution in [3.63, 3.8) is 0 Å².